The number of carbonyl (C=O) groups is 2. The molecular formula is C31H35ClF3N3O4S. The monoisotopic (exact) mass is 637 g/mol. The number of halogens is 4. The maximum Gasteiger partial charge on any atom is 0.416 e. The zero-order chi connectivity index (χ0) is 32.2. The molecule has 0 saturated carbocycles. The Bertz CT molecular complexity index is 1540. The molecule has 0 aliphatic carbocycles. The molecule has 7 nitrogen and oxygen atoms in total. The Morgan fingerprint density at radius 1 is 0.953 bits per heavy atom. The highest BCUT2D eigenvalue weighted by molar-refractivity contribution is 7.92. The molecule has 0 spiro atoms. The van der Waals surface area contributed by atoms with Crippen molar-refractivity contribution in [3.63, 3.8) is 0 Å². The normalized spacial score (nSPS) is 12.9. The molecule has 2 amide bonds. The van der Waals surface area contributed by atoms with Gasteiger partial charge in [0.25, 0.3) is 10.0 Å². The van der Waals surface area contributed by atoms with E-state index in [1.807, 2.05) is 19.1 Å². The van der Waals surface area contributed by atoms with Crippen LogP contribution in [0.3, 0.4) is 0 Å². The molecule has 0 aromatic heterocycles. The first-order valence-electron chi connectivity index (χ1n) is 13.6. The lowest BCUT2D eigenvalue weighted by Gasteiger charge is -2.35. The Hall–Kier alpha value is -3.57. The summed E-state index contributed by atoms with van der Waals surface area (Å²) in [4.78, 5) is 28.5. The lowest BCUT2D eigenvalue weighted by molar-refractivity contribution is -0.141. The zero-order valence-corrected chi connectivity index (χ0v) is 26.1. The summed E-state index contributed by atoms with van der Waals surface area (Å²) in [5.41, 5.74) is -0.637. The van der Waals surface area contributed by atoms with Gasteiger partial charge < -0.3 is 10.2 Å². The van der Waals surface area contributed by atoms with Crippen LogP contribution in [0.25, 0.3) is 0 Å². The van der Waals surface area contributed by atoms with Crippen LogP contribution >= 0.6 is 11.6 Å². The summed E-state index contributed by atoms with van der Waals surface area (Å²) in [7, 11) is -4.59. The fourth-order valence-corrected chi connectivity index (χ4v) is 6.09. The summed E-state index contributed by atoms with van der Waals surface area (Å²) >= 11 is 6.29. The molecule has 1 N–H and O–H groups in total. The third-order valence-electron chi connectivity index (χ3n) is 6.51. The van der Waals surface area contributed by atoms with E-state index in [1.165, 1.54) is 29.2 Å². The summed E-state index contributed by atoms with van der Waals surface area (Å²) in [5, 5.41) is 2.56. The minimum Gasteiger partial charge on any atom is -0.350 e. The highest BCUT2D eigenvalue weighted by atomic mass is 35.5. The maximum atomic E-state index is 14.1. The number of rotatable bonds is 10. The van der Waals surface area contributed by atoms with Crippen molar-refractivity contribution in [3.8, 4) is 0 Å². The topological polar surface area (TPSA) is 86.8 Å². The Morgan fingerprint density at radius 3 is 2.09 bits per heavy atom. The second kappa shape index (κ2) is 13.4. The van der Waals surface area contributed by atoms with Gasteiger partial charge in [-0.25, -0.2) is 8.42 Å². The molecule has 0 fully saturated rings. The number of alkyl halides is 3. The predicted molar refractivity (Wildman–Crippen MR) is 161 cm³/mol. The number of sulfonamides is 1. The van der Waals surface area contributed by atoms with Gasteiger partial charge in [-0.05, 0) is 70.0 Å². The lowest BCUT2D eigenvalue weighted by Crippen LogP contribution is -2.55. The van der Waals surface area contributed by atoms with Crippen LogP contribution < -0.4 is 9.62 Å². The minimum absolute atomic E-state index is 0.0509. The first-order chi connectivity index (χ1) is 19.9. The molecule has 3 rings (SSSR count). The Morgan fingerprint density at radius 2 is 1.56 bits per heavy atom. The first kappa shape index (κ1) is 33.9. The van der Waals surface area contributed by atoms with Crippen LogP contribution in [0, 0.1) is 6.92 Å². The average Bonchev–Trinajstić information content (AvgIpc) is 2.92. The van der Waals surface area contributed by atoms with Crippen LogP contribution in [0.2, 0.25) is 5.02 Å². The summed E-state index contributed by atoms with van der Waals surface area (Å²) in [5.74, 6) is -1.26. The van der Waals surface area contributed by atoms with E-state index in [0.29, 0.717) is 15.9 Å². The third kappa shape index (κ3) is 8.73. The largest absolute Gasteiger partial charge is 0.416 e. The molecule has 0 saturated heterocycles. The summed E-state index contributed by atoms with van der Waals surface area (Å²) in [6.45, 7) is 8.00. The van der Waals surface area contributed by atoms with E-state index in [-0.39, 0.29) is 22.9 Å². The van der Waals surface area contributed by atoms with Crippen molar-refractivity contribution >= 4 is 39.1 Å². The van der Waals surface area contributed by atoms with Crippen molar-refractivity contribution in [2.24, 2.45) is 0 Å². The summed E-state index contributed by atoms with van der Waals surface area (Å²) < 4.78 is 69.4. The molecule has 43 heavy (non-hydrogen) atoms. The number of aryl methyl sites for hydroxylation is 1. The van der Waals surface area contributed by atoms with Gasteiger partial charge in [-0.1, -0.05) is 66.6 Å². The van der Waals surface area contributed by atoms with Gasteiger partial charge in [0.1, 0.15) is 12.6 Å². The van der Waals surface area contributed by atoms with Crippen molar-refractivity contribution in [2.75, 3.05) is 10.8 Å². The van der Waals surface area contributed by atoms with Crippen molar-refractivity contribution in [2.45, 2.75) is 70.2 Å². The van der Waals surface area contributed by atoms with E-state index < -0.39 is 57.4 Å². The van der Waals surface area contributed by atoms with Crippen LogP contribution in [0.4, 0.5) is 18.9 Å². The third-order valence-corrected chi connectivity index (χ3v) is 8.60. The maximum absolute atomic E-state index is 14.1. The van der Waals surface area contributed by atoms with Gasteiger partial charge >= 0.3 is 6.18 Å². The van der Waals surface area contributed by atoms with E-state index in [4.69, 9.17) is 11.6 Å². The van der Waals surface area contributed by atoms with Crippen molar-refractivity contribution < 1.29 is 31.2 Å². The number of hydrogen-bond donors (Lipinski definition) is 1. The van der Waals surface area contributed by atoms with E-state index in [0.717, 1.165) is 17.7 Å². The molecule has 1 atom stereocenters. The van der Waals surface area contributed by atoms with Crippen LogP contribution in [0.15, 0.2) is 77.7 Å². The van der Waals surface area contributed by atoms with Gasteiger partial charge in [-0.15, -0.1) is 0 Å². The fourth-order valence-electron chi connectivity index (χ4n) is 4.38. The van der Waals surface area contributed by atoms with Gasteiger partial charge in [-0.2, -0.15) is 13.2 Å². The number of carbonyl (C=O) groups excluding carboxylic acids is 2. The summed E-state index contributed by atoms with van der Waals surface area (Å²) in [6.07, 6.45) is -4.61. The zero-order valence-electron chi connectivity index (χ0n) is 24.6. The number of hydrogen-bond acceptors (Lipinski definition) is 4. The molecule has 232 valence electrons. The quantitative estimate of drug-likeness (QED) is 0.272. The Labute approximate surface area is 255 Å². The van der Waals surface area contributed by atoms with E-state index in [1.54, 1.807) is 45.9 Å². The second-order valence-corrected chi connectivity index (χ2v) is 13.4. The number of nitrogens with zero attached hydrogens (tertiary/aromatic N) is 2. The first-order valence-corrected chi connectivity index (χ1v) is 15.4. The number of benzene rings is 3. The Balaban J connectivity index is 2.16. The predicted octanol–water partition coefficient (Wildman–Crippen LogP) is 6.58. The number of nitrogens with one attached hydrogen (secondary N) is 1. The molecule has 0 aliphatic heterocycles. The molecule has 0 radical (unpaired) electrons. The number of anilines is 1. The molecule has 0 heterocycles. The molecular weight excluding hydrogens is 603 g/mol. The molecule has 0 unspecified atom stereocenters. The van der Waals surface area contributed by atoms with E-state index >= 15 is 0 Å². The summed E-state index contributed by atoms with van der Waals surface area (Å²) in [6, 6.07) is 15.5. The smallest absolute Gasteiger partial charge is 0.350 e. The standard InChI is InChI=1S/C31H35ClF3N3O4S/c1-6-26(29(40)36-30(3,4)5)37(19-22-14-12-21(2)13-15-22)28(39)20-38(43(41,42)24-10-8-7-9-11-24)27-18-23(31(33,34)35)16-17-25(27)32/h7-18,26H,6,19-20H2,1-5H3,(H,36,40)/t26-/m1/s1. The van der Waals surface area contributed by atoms with Crippen molar-refractivity contribution in [1.29, 1.82) is 0 Å². The highest BCUT2D eigenvalue weighted by Crippen LogP contribution is 2.37. The number of amides is 2. The lowest BCUT2D eigenvalue weighted by atomic mass is 10.1. The van der Waals surface area contributed by atoms with Gasteiger partial charge in [0.15, 0.2) is 0 Å². The van der Waals surface area contributed by atoms with Gasteiger partial charge in [0, 0.05) is 12.1 Å². The fraction of sp³-hybridized carbons (Fsp3) is 0.355. The highest BCUT2D eigenvalue weighted by Gasteiger charge is 2.37. The SMILES string of the molecule is CC[C@H](C(=O)NC(C)(C)C)N(Cc1ccc(C)cc1)C(=O)CN(c1cc(C(F)(F)F)ccc1Cl)S(=O)(=O)c1ccccc1. The van der Waals surface area contributed by atoms with Crippen LogP contribution in [-0.4, -0.2) is 43.3 Å². The van der Waals surface area contributed by atoms with E-state index in [9.17, 15) is 31.2 Å². The second-order valence-electron chi connectivity index (χ2n) is 11.2. The van der Waals surface area contributed by atoms with Crippen molar-refractivity contribution in [1.82, 2.24) is 10.2 Å². The van der Waals surface area contributed by atoms with Crippen LogP contribution in [-0.2, 0) is 32.3 Å². The van der Waals surface area contributed by atoms with Crippen LogP contribution in [0.1, 0.15) is 50.8 Å². The van der Waals surface area contributed by atoms with Crippen LogP contribution in [0.5, 0.6) is 0 Å². The molecule has 0 bridgehead atoms. The van der Waals surface area contributed by atoms with Gasteiger partial charge in [0.05, 0.1) is 21.2 Å². The molecule has 3 aromatic carbocycles. The molecule has 0 aliphatic rings. The van der Waals surface area contributed by atoms with Gasteiger partial charge in [0.2, 0.25) is 11.8 Å². The Kier molecular flexibility index (Phi) is 10.6. The van der Waals surface area contributed by atoms with Crippen molar-refractivity contribution in [3.05, 3.63) is 94.5 Å². The molecule has 12 heteroatoms. The van der Waals surface area contributed by atoms with Gasteiger partial charge in [-0.3, -0.25) is 13.9 Å². The molecule has 3 aromatic rings. The average molecular weight is 638 g/mol. The minimum atomic E-state index is -4.80. The van der Waals surface area contributed by atoms with E-state index in [2.05, 4.69) is 5.32 Å².